The Hall–Kier alpha value is -1.81. The average Bonchev–Trinajstić information content (AvgIpc) is 2.66. The molecule has 16 heavy (non-hydrogen) atoms. The summed E-state index contributed by atoms with van der Waals surface area (Å²) < 4.78 is 0. The molecule has 0 spiro atoms. The Bertz CT molecular complexity index is 494. The SMILES string of the molecule is Cc1cc(NC=C2C=NNC2=O)ccc1Cl. The van der Waals surface area contributed by atoms with Crippen LogP contribution in [0.3, 0.4) is 0 Å². The van der Waals surface area contributed by atoms with E-state index in [1.807, 2.05) is 19.1 Å². The van der Waals surface area contributed by atoms with Gasteiger partial charge in [-0.1, -0.05) is 11.6 Å². The van der Waals surface area contributed by atoms with Crippen molar-refractivity contribution in [2.45, 2.75) is 6.92 Å². The van der Waals surface area contributed by atoms with E-state index >= 15 is 0 Å². The summed E-state index contributed by atoms with van der Waals surface area (Å²) in [6.45, 7) is 1.92. The van der Waals surface area contributed by atoms with Gasteiger partial charge in [0.1, 0.15) is 0 Å². The van der Waals surface area contributed by atoms with Crippen LogP contribution in [0.4, 0.5) is 5.69 Å². The number of hydrazone groups is 1. The van der Waals surface area contributed by atoms with Crippen molar-refractivity contribution in [2.75, 3.05) is 5.32 Å². The molecule has 1 aromatic carbocycles. The number of aryl methyl sites for hydroxylation is 1. The summed E-state index contributed by atoms with van der Waals surface area (Å²) in [5.41, 5.74) is 4.68. The zero-order valence-corrected chi connectivity index (χ0v) is 9.38. The van der Waals surface area contributed by atoms with Gasteiger partial charge in [-0.05, 0) is 30.7 Å². The monoisotopic (exact) mass is 235 g/mol. The highest BCUT2D eigenvalue weighted by Crippen LogP contribution is 2.19. The van der Waals surface area contributed by atoms with E-state index in [0.29, 0.717) is 5.57 Å². The second kappa shape index (κ2) is 4.37. The van der Waals surface area contributed by atoms with E-state index in [1.54, 1.807) is 12.3 Å². The third kappa shape index (κ3) is 2.23. The first-order chi connectivity index (χ1) is 7.66. The Kier molecular flexibility index (Phi) is 2.92. The van der Waals surface area contributed by atoms with Gasteiger partial charge < -0.3 is 5.32 Å². The number of nitrogens with one attached hydrogen (secondary N) is 2. The Morgan fingerprint density at radius 3 is 2.94 bits per heavy atom. The van der Waals surface area contributed by atoms with Crippen molar-refractivity contribution < 1.29 is 4.79 Å². The number of carbonyl (C=O) groups excluding carboxylic acids is 1. The standard InChI is InChI=1S/C11H10ClN3O/c1-7-4-9(2-3-10(7)12)13-5-8-6-14-15-11(8)16/h2-6,13H,1H3,(H,15,16). The molecular formula is C11H10ClN3O. The molecule has 1 aliphatic heterocycles. The molecule has 5 heteroatoms. The van der Waals surface area contributed by atoms with Gasteiger partial charge in [0.15, 0.2) is 0 Å². The van der Waals surface area contributed by atoms with Crippen molar-refractivity contribution in [1.82, 2.24) is 5.43 Å². The molecule has 0 unspecified atom stereocenters. The Labute approximate surface area is 98.0 Å². The molecule has 0 aromatic heterocycles. The molecule has 82 valence electrons. The zero-order valence-electron chi connectivity index (χ0n) is 8.62. The van der Waals surface area contributed by atoms with Gasteiger partial charge in [-0.3, -0.25) is 4.79 Å². The fourth-order valence-corrected chi connectivity index (χ4v) is 1.40. The van der Waals surface area contributed by atoms with E-state index in [-0.39, 0.29) is 5.91 Å². The highest BCUT2D eigenvalue weighted by molar-refractivity contribution is 6.31. The molecule has 1 aromatic rings. The Morgan fingerprint density at radius 2 is 2.31 bits per heavy atom. The minimum Gasteiger partial charge on any atom is -0.361 e. The number of halogens is 1. The second-order valence-corrected chi connectivity index (χ2v) is 3.81. The Balaban J connectivity index is 2.13. The van der Waals surface area contributed by atoms with Crippen LogP contribution in [0.2, 0.25) is 5.02 Å². The lowest BCUT2D eigenvalue weighted by Crippen LogP contribution is -2.12. The van der Waals surface area contributed by atoms with Crippen molar-refractivity contribution in [1.29, 1.82) is 0 Å². The lowest BCUT2D eigenvalue weighted by atomic mass is 10.2. The van der Waals surface area contributed by atoms with Crippen LogP contribution in [0.25, 0.3) is 0 Å². The van der Waals surface area contributed by atoms with Gasteiger partial charge in [-0.25, -0.2) is 5.43 Å². The van der Waals surface area contributed by atoms with Crippen LogP contribution < -0.4 is 10.7 Å². The topological polar surface area (TPSA) is 53.5 Å². The third-order valence-corrected chi connectivity index (χ3v) is 2.61. The van der Waals surface area contributed by atoms with Crippen molar-refractivity contribution in [3.05, 3.63) is 40.6 Å². The summed E-state index contributed by atoms with van der Waals surface area (Å²) in [5.74, 6) is -0.210. The van der Waals surface area contributed by atoms with Gasteiger partial charge in [-0.2, -0.15) is 5.10 Å². The molecule has 0 radical (unpaired) electrons. The van der Waals surface area contributed by atoms with E-state index in [9.17, 15) is 4.79 Å². The maximum Gasteiger partial charge on any atom is 0.274 e. The zero-order chi connectivity index (χ0) is 11.5. The van der Waals surface area contributed by atoms with E-state index in [0.717, 1.165) is 16.3 Å². The van der Waals surface area contributed by atoms with Crippen molar-refractivity contribution in [3.8, 4) is 0 Å². The number of anilines is 1. The fraction of sp³-hybridized carbons (Fsp3) is 0.0909. The minimum absolute atomic E-state index is 0.210. The fourth-order valence-electron chi connectivity index (χ4n) is 1.28. The minimum atomic E-state index is -0.210. The molecule has 0 atom stereocenters. The number of rotatable bonds is 2. The van der Waals surface area contributed by atoms with Gasteiger partial charge in [-0.15, -0.1) is 0 Å². The molecular weight excluding hydrogens is 226 g/mol. The molecule has 0 saturated heterocycles. The summed E-state index contributed by atoms with van der Waals surface area (Å²) in [6, 6.07) is 5.56. The highest BCUT2D eigenvalue weighted by atomic mass is 35.5. The molecule has 0 fully saturated rings. The van der Waals surface area contributed by atoms with Crippen LogP contribution in [0.1, 0.15) is 5.56 Å². The Morgan fingerprint density at radius 1 is 1.50 bits per heavy atom. The summed E-state index contributed by atoms with van der Waals surface area (Å²) in [7, 11) is 0. The summed E-state index contributed by atoms with van der Waals surface area (Å²) in [5, 5.41) is 7.37. The number of nitrogens with zero attached hydrogens (tertiary/aromatic N) is 1. The van der Waals surface area contributed by atoms with Crippen molar-refractivity contribution in [3.63, 3.8) is 0 Å². The predicted molar refractivity (Wildman–Crippen MR) is 64.5 cm³/mol. The second-order valence-electron chi connectivity index (χ2n) is 3.41. The molecule has 4 nitrogen and oxygen atoms in total. The van der Waals surface area contributed by atoms with Crippen molar-refractivity contribution in [2.24, 2.45) is 5.10 Å². The van der Waals surface area contributed by atoms with Crippen LogP contribution in [0.5, 0.6) is 0 Å². The average molecular weight is 236 g/mol. The molecule has 1 aliphatic rings. The van der Waals surface area contributed by atoms with Gasteiger partial charge in [0.25, 0.3) is 5.91 Å². The van der Waals surface area contributed by atoms with Crippen LogP contribution in [0, 0.1) is 6.92 Å². The molecule has 2 rings (SSSR count). The summed E-state index contributed by atoms with van der Waals surface area (Å²) in [6.07, 6.45) is 3.08. The number of hydrogen-bond acceptors (Lipinski definition) is 3. The first-order valence-corrected chi connectivity index (χ1v) is 5.11. The van der Waals surface area contributed by atoms with Gasteiger partial charge in [0.2, 0.25) is 0 Å². The predicted octanol–water partition coefficient (Wildman–Crippen LogP) is 2.06. The number of amides is 1. The lowest BCUT2D eigenvalue weighted by Gasteiger charge is -2.03. The van der Waals surface area contributed by atoms with E-state index in [4.69, 9.17) is 11.6 Å². The molecule has 0 aliphatic carbocycles. The van der Waals surface area contributed by atoms with Gasteiger partial charge in [0.05, 0.1) is 11.8 Å². The lowest BCUT2D eigenvalue weighted by molar-refractivity contribution is -0.116. The maximum atomic E-state index is 11.2. The molecule has 1 amide bonds. The van der Waals surface area contributed by atoms with Crippen LogP contribution in [-0.2, 0) is 4.79 Å². The molecule has 0 bridgehead atoms. The van der Waals surface area contributed by atoms with E-state index in [2.05, 4.69) is 15.8 Å². The normalized spacial score (nSPS) is 16.6. The summed E-state index contributed by atoms with van der Waals surface area (Å²) >= 11 is 5.90. The maximum absolute atomic E-state index is 11.2. The first-order valence-electron chi connectivity index (χ1n) is 4.73. The number of hydrogen-bond donors (Lipinski definition) is 2. The molecule has 1 heterocycles. The van der Waals surface area contributed by atoms with Gasteiger partial charge >= 0.3 is 0 Å². The summed E-state index contributed by atoms with van der Waals surface area (Å²) in [4.78, 5) is 11.2. The first kappa shape index (κ1) is 10.7. The van der Waals surface area contributed by atoms with Crippen molar-refractivity contribution >= 4 is 29.4 Å². The van der Waals surface area contributed by atoms with Crippen LogP contribution in [-0.4, -0.2) is 12.1 Å². The van der Waals surface area contributed by atoms with E-state index < -0.39 is 0 Å². The third-order valence-electron chi connectivity index (χ3n) is 2.18. The largest absolute Gasteiger partial charge is 0.361 e. The van der Waals surface area contributed by atoms with Gasteiger partial charge in [0, 0.05) is 16.9 Å². The quantitative estimate of drug-likeness (QED) is 0.771. The van der Waals surface area contributed by atoms with Crippen LogP contribution in [0.15, 0.2) is 35.1 Å². The number of carbonyl (C=O) groups is 1. The van der Waals surface area contributed by atoms with Crippen LogP contribution >= 0.6 is 11.6 Å². The smallest absolute Gasteiger partial charge is 0.274 e. The molecule has 2 N–H and O–H groups in total. The number of benzene rings is 1. The molecule has 0 saturated carbocycles. The highest BCUT2D eigenvalue weighted by Gasteiger charge is 2.11. The van der Waals surface area contributed by atoms with E-state index in [1.165, 1.54) is 6.21 Å².